The maximum absolute atomic E-state index is 12.1. The predicted molar refractivity (Wildman–Crippen MR) is 74.4 cm³/mol. The van der Waals surface area contributed by atoms with Crippen molar-refractivity contribution in [1.82, 2.24) is 0 Å². The lowest BCUT2D eigenvalue weighted by atomic mass is 10.2. The van der Waals surface area contributed by atoms with Crippen molar-refractivity contribution in [3.05, 3.63) is 58.5 Å². The molecule has 1 aromatic carbocycles. The minimum atomic E-state index is -3.32. The normalized spacial score (nSPS) is 11.7. The summed E-state index contributed by atoms with van der Waals surface area (Å²) in [6.07, 6.45) is 0. The van der Waals surface area contributed by atoms with Gasteiger partial charge in [0, 0.05) is 5.02 Å². The van der Waals surface area contributed by atoms with Gasteiger partial charge in [-0.15, -0.1) is 0 Å². The summed E-state index contributed by atoms with van der Waals surface area (Å²) in [5, 5.41) is 0.452. The molecular weight excluding hydrogens is 286 g/mol. The van der Waals surface area contributed by atoms with Crippen LogP contribution in [0.15, 0.2) is 40.8 Å². The van der Waals surface area contributed by atoms with E-state index in [0.29, 0.717) is 22.1 Å². The van der Waals surface area contributed by atoms with Gasteiger partial charge in [-0.1, -0.05) is 29.8 Å². The van der Waals surface area contributed by atoms with Gasteiger partial charge in [0.2, 0.25) is 0 Å². The van der Waals surface area contributed by atoms with Gasteiger partial charge in [0.15, 0.2) is 9.84 Å². The number of hydrogen-bond acceptors (Lipinski definition) is 4. The fourth-order valence-electron chi connectivity index (χ4n) is 1.73. The molecule has 0 aliphatic carbocycles. The van der Waals surface area contributed by atoms with Crippen molar-refractivity contribution in [2.45, 2.75) is 18.1 Å². The second-order valence-corrected chi connectivity index (χ2v) is 6.67. The van der Waals surface area contributed by atoms with Gasteiger partial charge >= 0.3 is 0 Å². The second-order valence-electron chi connectivity index (χ2n) is 4.20. The van der Waals surface area contributed by atoms with Crippen LogP contribution in [-0.4, -0.2) is 8.42 Å². The third-order valence-electron chi connectivity index (χ3n) is 2.61. The molecular formula is C13H14ClNO3S. The SMILES string of the molecule is NCc1ccc(CS(=O)(=O)Cc2ccccc2Cl)o1. The Balaban J connectivity index is 2.13. The van der Waals surface area contributed by atoms with Gasteiger partial charge in [-0.2, -0.15) is 0 Å². The molecule has 0 fully saturated rings. The molecule has 1 heterocycles. The molecule has 0 radical (unpaired) electrons. The fraction of sp³-hybridized carbons (Fsp3) is 0.231. The number of nitrogens with two attached hydrogens (primary N) is 1. The van der Waals surface area contributed by atoms with E-state index in [-0.39, 0.29) is 18.1 Å². The van der Waals surface area contributed by atoms with Gasteiger partial charge in [0.1, 0.15) is 17.3 Å². The van der Waals surface area contributed by atoms with Crippen molar-refractivity contribution >= 4 is 21.4 Å². The molecule has 2 N–H and O–H groups in total. The summed E-state index contributed by atoms with van der Waals surface area (Å²) in [6, 6.07) is 10.2. The summed E-state index contributed by atoms with van der Waals surface area (Å²) in [5.74, 6) is 0.708. The topological polar surface area (TPSA) is 73.3 Å². The molecule has 0 atom stereocenters. The summed E-state index contributed by atoms with van der Waals surface area (Å²) in [6.45, 7) is 0.255. The first-order valence-corrected chi connectivity index (χ1v) is 7.91. The van der Waals surface area contributed by atoms with Crippen LogP contribution in [0, 0.1) is 0 Å². The van der Waals surface area contributed by atoms with Crippen LogP contribution in [0.25, 0.3) is 0 Å². The van der Waals surface area contributed by atoms with Crippen molar-refractivity contribution < 1.29 is 12.8 Å². The number of furan rings is 1. The van der Waals surface area contributed by atoms with Crippen LogP contribution in [0.5, 0.6) is 0 Å². The summed E-state index contributed by atoms with van der Waals surface area (Å²) in [5.41, 5.74) is 6.00. The highest BCUT2D eigenvalue weighted by Gasteiger charge is 2.17. The first-order valence-electron chi connectivity index (χ1n) is 5.71. The number of rotatable bonds is 5. The zero-order valence-corrected chi connectivity index (χ0v) is 11.7. The summed E-state index contributed by atoms with van der Waals surface area (Å²) < 4.78 is 29.4. The van der Waals surface area contributed by atoms with Crippen molar-refractivity contribution in [2.75, 3.05) is 0 Å². The minimum Gasteiger partial charge on any atom is -0.464 e. The maximum atomic E-state index is 12.1. The highest BCUT2D eigenvalue weighted by atomic mass is 35.5. The summed E-state index contributed by atoms with van der Waals surface area (Å²) >= 11 is 5.96. The van der Waals surface area contributed by atoms with Crippen molar-refractivity contribution in [3.63, 3.8) is 0 Å². The van der Waals surface area contributed by atoms with Gasteiger partial charge < -0.3 is 10.2 Å². The van der Waals surface area contributed by atoms with Gasteiger partial charge in [-0.25, -0.2) is 8.42 Å². The molecule has 4 nitrogen and oxygen atoms in total. The Labute approximate surface area is 117 Å². The van der Waals surface area contributed by atoms with Crippen LogP contribution in [-0.2, 0) is 27.9 Å². The van der Waals surface area contributed by atoms with E-state index in [0.717, 1.165) is 0 Å². The Hall–Kier alpha value is -1.30. The lowest BCUT2D eigenvalue weighted by Crippen LogP contribution is -2.07. The van der Waals surface area contributed by atoms with E-state index in [1.54, 1.807) is 36.4 Å². The number of benzene rings is 1. The van der Waals surface area contributed by atoms with E-state index in [1.807, 2.05) is 0 Å². The van der Waals surface area contributed by atoms with Crippen molar-refractivity contribution in [3.8, 4) is 0 Å². The van der Waals surface area contributed by atoms with E-state index < -0.39 is 9.84 Å². The van der Waals surface area contributed by atoms with E-state index in [4.69, 9.17) is 21.8 Å². The van der Waals surface area contributed by atoms with Gasteiger partial charge in [-0.3, -0.25) is 0 Å². The quantitative estimate of drug-likeness (QED) is 0.920. The van der Waals surface area contributed by atoms with Crippen LogP contribution in [0.2, 0.25) is 5.02 Å². The summed E-state index contributed by atoms with van der Waals surface area (Å²) in [7, 11) is -3.32. The number of sulfone groups is 1. The Bertz CT molecular complexity index is 664. The molecule has 0 unspecified atom stereocenters. The van der Waals surface area contributed by atoms with Gasteiger partial charge in [0.05, 0.1) is 12.3 Å². The van der Waals surface area contributed by atoms with Crippen LogP contribution >= 0.6 is 11.6 Å². The number of hydrogen-bond donors (Lipinski definition) is 1. The van der Waals surface area contributed by atoms with Gasteiger partial charge in [0.25, 0.3) is 0 Å². The monoisotopic (exact) mass is 299 g/mol. The first-order chi connectivity index (χ1) is 9.00. The van der Waals surface area contributed by atoms with E-state index in [9.17, 15) is 8.42 Å². The molecule has 2 rings (SSSR count). The third kappa shape index (κ3) is 3.83. The fourth-order valence-corrected chi connectivity index (χ4v) is 3.43. The highest BCUT2D eigenvalue weighted by Crippen LogP contribution is 2.20. The third-order valence-corrected chi connectivity index (χ3v) is 4.46. The van der Waals surface area contributed by atoms with Crippen molar-refractivity contribution in [2.24, 2.45) is 5.73 Å². The molecule has 2 aromatic rings. The zero-order valence-electron chi connectivity index (χ0n) is 10.2. The Morgan fingerprint density at radius 1 is 1.05 bits per heavy atom. The molecule has 0 aliphatic rings. The Kier molecular flexibility index (Phi) is 4.29. The second kappa shape index (κ2) is 5.77. The maximum Gasteiger partial charge on any atom is 0.161 e. The van der Waals surface area contributed by atoms with Crippen LogP contribution in [0.4, 0.5) is 0 Å². The molecule has 0 saturated carbocycles. The molecule has 102 valence electrons. The number of halogens is 1. The molecule has 19 heavy (non-hydrogen) atoms. The molecule has 0 spiro atoms. The van der Waals surface area contributed by atoms with Crippen LogP contribution < -0.4 is 5.73 Å². The largest absolute Gasteiger partial charge is 0.464 e. The standard InChI is InChI=1S/C13H14ClNO3S/c14-13-4-2-1-3-10(13)8-19(16,17)9-12-6-5-11(7-15)18-12/h1-6H,7-9,15H2. The molecule has 0 amide bonds. The molecule has 0 bridgehead atoms. The van der Waals surface area contributed by atoms with Gasteiger partial charge in [-0.05, 0) is 23.8 Å². The first kappa shape index (κ1) is 14.1. The lowest BCUT2D eigenvalue weighted by Gasteiger charge is -2.04. The van der Waals surface area contributed by atoms with Crippen molar-refractivity contribution in [1.29, 1.82) is 0 Å². The summed E-state index contributed by atoms with van der Waals surface area (Å²) in [4.78, 5) is 0. The Morgan fingerprint density at radius 2 is 1.74 bits per heavy atom. The molecule has 0 saturated heterocycles. The minimum absolute atomic E-state index is 0.106. The average Bonchev–Trinajstić information content (AvgIpc) is 2.78. The Morgan fingerprint density at radius 3 is 2.37 bits per heavy atom. The van der Waals surface area contributed by atoms with Crippen LogP contribution in [0.1, 0.15) is 17.1 Å². The van der Waals surface area contributed by atoms with E-state index >= 15 is 0 Å². The predicted octanol–water partition coefficient (Wildman–Crippen LogP) is 2.51. The average molecular weight is 300 g/mol. The van der Waals surface area contributed by atoms with E-state index in [2.05, 4.69) is 0 Å². The molecule has 0 aliphatic heterocycles. The highest BCUT2D eigenvalue weighted by molar-refractivity contribution is 7.89. The molecule has 1 aromatic heterocycles. The molecule has 6 heteroatoms. The lowest BCUT2D eigenvalue weighted by molar-refractivity contribution is 0.477. The zero-order chi connectivity index (χ0) is 13.9. The van der Waals surface area contributed by atoms with E-state index in [1.165, 1.54) is 0 Å². The smallest absolute Gasteiger partial charge is 0.161 e. The van der Waals surface area contributed by atoms with Crippen LogP contribution in [0.3, 0.4) is 0 Å².